The normalized spacial score (nSPS) is 12.5. The standard InChI is InChI=1S/C25H57N3O2S/c1-3-5-6-7-8-9-10-11-12-13-14-15-16-17-25-31(29,30)28-24-19-23-27-22-18-21-26-20-4-2/h26-30H,3-25H2,1-2H3. The van der Waals surface area contributed by atoms with Gasteiger partial charge in [0.05, 0.1) is 5.75 Å². The molecule has 0 aromatic carbocycles. The molecule has 0 bridgehead atoms. The highest BCUT2D eigenvalue weighted by molar-refractivity contribution is 8.22. The van der Waals surface area contributed by atoms with Crippen LogP contribution in [-0.2, 0) is 0 Å². The Morgan fingerprint density at radius 2 is 0.871 bits per heavy atom. The number of rotatable bonds is 26. The van der Waals surface area contributed by atoms with Gasteiger partial charge in [-0.2, -0.15) is 0 Å². The Hall–Kier alpha value is 0.150. The van der Waals surface area contributed by atoms with Gasteiger partial charge in [0.15, 0.2) is 0 Å². The summed E-state index contributed by atoms with van der Waals surface area (Å²) in [6, 6.07) is 0. The second-order valence-electron chi connectivity index (χ2n) is 9.07. The summed E-state index contributed by atoms with van der Waals surface area (Å²) in [5.74, 6) is 0.502. The lowest BCUT2D eigenvalue weighted by Crippen LogP contribution is -2.27. The first-order chi connectivity index (χ1) is 15.1. The van der Waals surface area contributed by atoms with Gasteiger partial charge in [0.2, 0.25) is 0 Å². The highest BCUT2D eigenvalue weighted by Gasteiger charge is 2.10. The first-order valence-electron chi connectivity index (χ1n) is 13.5. The summed E-state index contributed by atoms with van der Waals surface area (Å²) in [6.07, 6.45) is 21.7. The summed E-state index contributed by atoms with van der Waals surface area (Å²) < 4.78 is 23.2. The maximum atomic E-state index is 10.1. The van der Waals surface area contributed by atoms with Gasteiger partial charge in [-0.15, -0.1) is 10.8 Å². The van der Waals surface area contributed by atoms with Crippen molar-refractivity contribution < 1.29 is 9.11 Å². The Morgan fingerprint density at radius 1 is 0.452 bits per heavy atom. The quantitative estimate of drug-likeness (QED) is 0.0885. The monoisotopic (exact) mass is 463 g/mol. The van der Waals surface area contributed by atoms with Crippen LogP contribution in [-0.4, -0.2) is 47.6 Å². The highest BCUT2D eigenvalue weighted by Crippen LogP contribution is 2.34. The maximum absolute atomic E-state index is 10.1. The van der Waals surface area contributed by atoms with Crippen LogP contribution in [0.3, 0.4) is 0 Å². The van der Waals surface area contributed by atoms with E-state index in [-0.39, 0.29) is 0 Å². The molecule has 0 spiro atoms. The third-order valence-corrected chi connectivity index (χ3v) is 7.30. The zero-order valence-electron chi connectivity index (χ0n) is 21.1. The molecule has 0 aromatic rings. The van der Waals surface area contributed by atoms with Crippen LogP contribution in [0, 0.1) is 0 Å². The number of hydrogen-bond acceptors (Lipinski definition) is 5. The second kappa shape index (κ2) is 24.8. The largest absolute Gasteiger partial charge is 0.317 e. The molecule has 0 radical (unpaired) electrons. The van der Waals surface area contributed by atoms with E-state index in [4.69, 9.17) is 0 Å². The molecule has 6 heteroatoms. The fraction of sp³-hybridized carbons (Fsp3) is 1.00. The van der Waals surface area contributed by atoms with Crippen molar-refractivity contribution >= 4 is 10.8 Å². The third-order valence-electron chi connectivity index (χ3n) is 5.78. The van der Waals surface area contributed by atoms with Gasteiger partial charge in [0.1, 0.15) is 0 Å². The molecule has 0 saturated heterocycles. The Balaban J connectivity index is 3.28. The van der Waals surface area contributed by atoms with Crippen molar-refractivity contribution in [3.63, 3.8) is 0 Å². The van der Waals surface area contributed by atoms with Gasteiger partial charge in [-0.05, 0) is 51.9 Å². The first kappa shape index (κ1) is 31.1. The topological polar surface area (TPSA) is 76.5 Å². The molecule has 5 N–H and O–H groups in total. The second-order valence-corrected chi connectivity index (χ2v) is 11.1. The molecule has 0 atom stereocenters. The van der Waals surface area contributed by atoms with Crippen molar-refractivity contribution in [1.29, 1.82) is 0 Å². The summed E-state index contributed by atoms with van der Waals surface area (Å²) >= 11 is 0. The van der Waals surface area contributed by atoms with E-state index in [1.165, 1.54) is 83.5 Å². The summed E-state index contributed by atoms with van der Waals surface area (Å²) in [7, 11) is -2.59. The molecule has 0 fully saturated rings. The maximum Gasteiger partial charge on any atom is 0.0528 e. The zero-order chi connectivity index (χ0) is 22.9. The van der Waals surface area contributed by atoms with Gasteiger partial charge >= 0.3 is 0 Å². The molecular formula is C25H57N3O2S. The van der Waals surface area contributed by atoms with E-state index in [2.05, 4.69) is 29.2 Å². The number of hydrogen-bond donors (Lipinski definition) is 5. The van der Waals surface area contributed by atoms with E-state index >= 15 is 0 Å². The molecule has 0 unspecified atom stereocenters. The van der Waals surface area contributed by atoms with Crippen molar-refractivity contribution in [1.82, 2.24) is 15.4 Å². The van der Waals surface area contributed by atoms with Crippen molar-refractivity contribution in [3.8, 4) is 0 Å². The van der Waals surface area contributed by atoms with Crippen LogP contribution in [0.5, 0.6) is 0 Å². The highest BCUT2D eigenvalue weighted by atomic mass is 32.3. The van der Waals surface area contributed by atoms with E-state index in [0.29, 0.717) is 12.3 Å². The van der Waals surface area contributed by atoms with E-state index < -0.39 is 10.8 Å². The Labute approximate surface area is 196 Å². The Bertz CT molecular complexity index is 347. The first-order valence-corrected chi connectivity index (χ1v) is 15.3. The number of nitrogens with one attached hydrogen (secondary N) is 3. The number of unbranched alkanes of at least 4 members (excludes halogenated alkanes) is 13. The van der Waals surface area contributed by atoms with Crippen LogP contribution in [0.25, 0.3) is 0 Å². The fourth-order valence-electron chi connectivity index (χ4n) is 3.78. The van der Waals surface area contributed by atoms with Crippen molar-refractivity contribution in [2.75, 3.05) is 38.5 Å². The van der Waals surface area contributed by atoms with Crippen LogP contribution in [0.4, 0.5) is 0 Å². The van der Waals surface area contributed by atoms with Crippen molar-refractivity contribution in [3.05, 3.63) is 0 Å². The molecule has 0 saturated carbocycles. The van der Waals surface area contributed by atoms with Crippen LogP contribution in [0.2, 0.25) is 0 Å². The van der Waals surface area contributed by atoms with E-state index in [1.54, 1.807) is 0 Å². The summed E-state index contributed by atoms with van der Waals surface area (Å²) in [6.45, 7) is 9.24. The van der Waals surface area contributed by atoms with Gasteiger partial charge in [-0.25, -0.2) is 4.72 Å². The molecule has 190 valence electrons. The van der Waals surface area contributed by atoms with Crippen LogP contribution in [0.1, 0.15) is 123 Å². The average molecular weight is 464 g/mol. The van der Waals surface area contributed by atoms with E-state index in [9.17, 15) is 9.11 Å². The minimum absolute atomic E-state index is 0.502. The molecule has 0 aliphatic heterocycles. The smallest absolute Gasteiger partial charge is 0.0528 e. The lowest BCUT2D eigenvalue weighted by Gasteiger charge is -2.33. The van der Waals surface area contributed by atoms with Gasteiger partial charge in [0.25, 0.3) is 0 Å². The summed E-state index contributed by atoms with van der Waals surface area (Å²) in [4.78, 5) is 0. The van der Waals surface area contributed by atoms with Crippen molar-refractivity contribution in [2.24, 2.45) is 0 Å². The molecular weight excluding hydrogens is 406 g/mol. The van der Waals surface area contributed by atoms with Crippen LogP contribution < -0.4 is 15.4 Å². The molecule has 31 heavy (non-hydrogen) atoms. The van der Waals surface area contributed by atoms with Crippen LogP contribution in [0.15, 0.2) is 0 Å². The molecule has 0 heterocycles. The third kappa shape index (κ3) is 26.3. The molecule has 5 nitrogen and oxygen atoms in total. The van der Waals surface area contributed by atoms with Gasteiger partial charge in [0, 0.05) is 6.54 Å². The van der Waals surface area contributed by atoms with E-state index in [1.807, 2.05) is 0 Å². The van der Waals surface area contributed by atoms with E-state index in [0.717, 1.165) is 51.9 Å². The van der Waals surface area contributed by atoms with Gasteiger partial charge < -0.3 is 10.6 Å². The molecule has 0 aliphatic carbocycles. The molecule has 0 aliphatic rings. The predicted molar refractivity (Wildman–Crippen MR) is 141 cm³/mol. The van der Waals surface area contributed by atoms with Crippen LogP contribution >= 0.6 is 10.8 Å². The summed E-state index contributed by atoms with van der Waals surface area (Å²) in [5.41, 5.74) is 0. The van der Waals surface area contributed by atoms with Gasteiger partial charge in [-0.3, -0.25) is 9.11 Å². The predicted octanol–water partition coefficient (Wildman–Crippen LogP) is 7.09. The molecule has 0 amide bonds. The minimum Gasteiger partial charge on any atom is -0.317 e. The Kier molecular flexibility index (Phi) is 24.9. The summed E-state index contributed by atoms with van der Waals surface area (Å²) in [5, 5.41) is 6.81. The molecule has 0 aromatic heterocycles. The average Bonchev–Trinajstić information content (AvgIpc) is 2.75. The van der Waals surface area contributed by atoms with Crippen molar-refractivity contribution in [2.45, 2.75) is 123 Å². The minimum atomic E-state index is -2.59. The lowest BCUT2D eigenvalue weighted by molar-refractivity contribution is 0.462. The Morgan fingerprint density at radius 3 is 1.35 bits per heavy atom. The fourth-order valence-corrected chi connectivity index (χ4v) is 5.01. The molecule has 0 rings (SSSR count). The zero-order valence-corrected chi connectivity index (χ0v) is 21.9. The SMILES string of the molecule is CCCCCCCCCCCCCCCCS(O)(O)NCCCNCCCNCCC. The van der Waals surface area contributed by atoms with Gasteiger partial charge in [-0.1, -0.05) is 97.3 Å². The lowest BCUT2D eigenvalue weighted by atomic mass is 10.0.